The summed E-state index contributed by atoms with van der Waals surface area (Å²) in [6, 6.07) is 25.9. The van der Waals surface area contributed by atoms with Crippen molar-refractivity contribution in [2.45, 2.75) is 20.4 Å². The molecule has 36 heavy (non-hydrogen) atoms. The first-order valence-electron chi connectivity index (χ1n) is 12.8. The summed E-state index contributed by atoms with van der Waals surface area (Å²) in [5.41, 5.74) is 4.65. The van der Waals surface area contributed by atoms with Crippen molar-refractivity contribution in [3.63, 3.8) is 0 Å². The number of piperazine rings is 1. The molecule has 4 rings (SSSR count). The summed E-state index contributed by atoms with van der Waals surface area (Å²) in [6.07, 6.45) is 0. The summed E-state index contributed by atoms with van der Waals surface area (Å²) in [5.74, 6) is 0.137. The predicted molar refractivity (Wildman–Crippen MR) is 147 cm³/mol. The van der Waals surface area contributed by atoms with Gasteiger partial charge in [-0.1, -0.05) is 48.5 Å². The van der Waals surface area contributed by atoms with E-state index in [2.05, 4.69) is 28.0 Å². The van der Waals surface area contributed by atoms with Crippen LogP contribution in [-0.2, 0) is 6.54 Å². The Balaban J connectivity index is 1.55. The lowest BCUT2D eigenvalue weighted by Gasteiger charge is -2.37. The van der Waals surface area contributed by atoms with E-state index in [0.29, 0.717) is 32.7 Å². The Morgan fingerprint density at radius 3 is 2.03 bits per heavy atom. The Bertz CT molecular complexity index is 1150. The number of amides is 2. The molecule has 0 aromatic heterocycles. The van der Waals surface area contributed by atoms with E-state index in [1.807, 2.05) is 91.4 Å². The third kappa shape index (κ3) is 5.70. The highest BCUT2D eigenvalue weighted by atomic mass is 16.2. The second kappa shape index (κ2) is 11.8. The van der Waals surface area contributed by atoms with Crippen LogP contribution in [0.5, 0.6) is 0 Å². The highest BCUT2D eigenvalue weighted by Gasteiger charge is 2.25. The van der Waals surface area contributed by atoms with E-state index in [-0.39, 0.29) is 11.8 Å². The number of carbonyl (C=O) groups is 2. The van der Waals surface area contributed by atoms with Crippen molar-refractivity contribution in [3.05, 3.63) is 95.6 Å². The van der Waals surface area contributed by atoms with E-state index >= 15 is 0 Å². The van der Waals surface area contributed by atoms with Gasteiger partial charge in [0.1, 0.15) is 0 Å². The molecule has 0 saturated carbocycles. The molecule has 3 aromatic carbocycles. The molecule has 0 unspecified atom stereocenters. The van der Waals surface area contributed by atoms with Crippen LogP contribution in [0.25, 0.3) is 0 Å². The average Bonchev–Trinajstić information content (AvgIpc) is 2.94. The molecule has 188 valence electrons. The molecule has 0 radical (unpaired) electrons. The lowest BCUT2D eigenvalue weighted by atomic mass is 10.1. The number of benzene rings is 3. The van der Waals surface area contributed by atoms with Crippen molar-refractivity contribution in [1.82, 2.24) is 9.80 Å². The van der Waals surface area contributed by atoms with Crippen LogP contribution in [0, 0.1) is 0 Å². The fourth-order valence-corrected chi connectivity index (χ4v) is 4.77. The third-order valence-electron chi connectivity index (χ3n) is 6.89. The SMILES string of the molecule is CCN(CC)C(=O)c1ccc(N2CCN(C(=O)c3ccccc3)CC2)cc1N(C)Cc1ccccc1. The van der Waals surface area contributed by atoms with Gasteiger partial charge in [-0.2, -0.15) is 0 Å². The summed E-state index contributed by atoms with van der Waals surface area (Å²) in [7, 11) is 2.04. The van der Waals surface area contributed by atoms with Gasteiger partial charge in [-0.3, -0.25) is 9.59 Å². The van der Waals surface area contributed by atoms with E-state index in [1.54, 1.807) is 0 Å². The first-order chi connectivity index (χ1) is 17.5. The van der Waals surface area contributed by atoms with E-state index in [9.17, 15) is 9.59 Å². The molecule has 0 N–H and O–H groups in total. The topological polar surface area (TPSA) is 47.1 Å². The maximum absolute atomic E-state index is 13.4. The molecule has 6 heteroatoms. The van der Waals surface area contributed by atoms with Crippen molar-refractivity contribution in [2.24, 2.45) is 0 Å². The molecular weight excluding hydrogens is 448 g/mol. The van der Waals surface area contributed by atoms with Crippen LogP contribution in [0.15, 0.2) is 78.9 Å². The fraction of sp³-hybridized carbons (Fsp3) is 0.333. The highest BCUT2D eigenvalue weighted by Crippen LogP contribution is 2.29. The summed E-state index contributed by atoms with van der Waals surface area (Å²) < 4.78 is 0. The number of rotatable bonds is 8. The van der Waals surface area contributed by atoms with Crippen molar-refractivity contribution in [1.29, 1.82) is 0 Å². The Morgan fingerprint density at radius 2 is 1.42 bits per heavy atom. The molecular formula is C30H36N4O2. The van der Waals surface area contributed by atoms with E-state index in [4.69, 9.17) is 0 Å². The van der Waals surface area contributed by atoms with Gasteiger partial charge in [0.25, 0.3) is 11.8 Å². The quantitative estimate of drug-likeness (QED) is 0.462. The largest absolute Gasteiger partial charge is 0.370 e. The molecule has 2 amide bonds. The summed E-state index contributed by atoms with van der Waals surface area (Å²) in [5, 5.41) is 0. The van der Waals surface area contributed by atoms with E-state index < -0.39 is 0 Å². The number of nitrogens with zero attached hydrogens (tertiary/aromatic N) is 4. The molecule has 1 saturated heterocycles. The van der Waals surface area contributed by atoms with Gasteiger partial charge in [-0.15, -0.1) is 0 Å². The van der Waals surface area contributed by atoms with E-state index in [0.717, 1.165) is 35.6 Å². The van der Waals surface area contributed by atoms with Gasteiger partial charge in [0.2, 0.25) is 0 Å². The van der Waals surface area contributed by atoms with Crippen LogP contribution in [0.1, 0.15) is 40.1 Å². The van der Waals surface area contributed by atoms with Crippen LogP contribution in [0.2, 0.25) is 0 Å². The molecule has 1 aliphatic heterocycles. The first-order valence-corrected chi connectivity index (χ1v) is 12.8. The van der Waals surface area contributed by atoms with Crippen LogP contribution in [-0.4, -0.2) is 67.9 Å². The van der Waals surface area contributed by atoms with Gasteiger partial charge in [0.05, 0.1) is 11.3 Å². The summed E-state index contributed by atoms with van der Waals surface area (Å²) in [6.45, 7) is 8.94. The molecule has 0 spiro atoms. The summed E-state index contributed by atoms with van der Waals surface area (Å²) >= 11 is 0. The Labute approximate surface area is 214 Å². The molecule has 0 atom stereocenters. The number of hydrogen-bond acceptors (Lipinski definition) is 4. The molecule has 0 bridgehead atoms. The molecule has 1 aliphatic rings. The molecule has 3 aromatic rings. The van der Waals surface area contributed by atoms with Gasteiger partial charge >= 0.3 is 0 Å². The molecule has 6 nitrogen and oxygen atoms in total. The Hall–Kier alpha value is -3.80. The Morgan fingerprint density at radius 1 is 0.806 bits per heavy atom. The first kappa shape index (κ1) is 25.3. The lowest BCUT2D eigenvalue weighted by molar-refractivity contribution is 0.0744. The number of anilines is 2. The smallest absolute Gasteiger partial charge is 0.255 e. The minimum atomic E-state index is 0.0553. The number of carbonyl (C=O) groups excluding carboxylic acids is 2. The third-order valence-corrected chi connectivity index (χ3v) is 6.89. The molecule has 0 aliphatic carbocycles. The molecule has 1 heterocycles. The average molecular weight is 485 g/mol. The van der Waals surface area contributed by atoms with Crippen molar-refractivity contribution in [3.8, 4) is 0 Å². The predicted octanol–water partition coefficient (Wildman–Crippen LogP) is 4.77. The summed E-state index contributed by atoms with van der Waals surface area (Å²) in [4.78, 5) is 34.5. The van der Waals surface area contributed by atoms with Crippen LogP contribution >= 0.6 is 0 Å². The zero-order valence-corrected chi connectivity index (χ0v) is 21.6. The zero-order valence-electron chi connectivity index (χ0n) is 21.6. The van der Waals surface area contributed by atoms with Gasteiger partial charge < -0.3 is 19.6 Å². The second-order valence-electron chi connectivity index (χ2n) is 9.17. The molecule has 1 fully saturated rings. The van der Waals surface area contributed by atoms with Gasteiger partial charge in [-0.05, 0) is 49.7 Å². The van der Waals surface area contributed by atoms with E-state index in [1.165, 1.54) is 5.56 Å². The van der Waals surface area contributed by atoms with Gasteiger partial charge in [0, 0.05) is 64.1 Å². The zero-order chi connectivity index (χ0) is 25.5. The van der Waals surface area contributed by atoms with Crippen LogP contribution in [0.3, 0.4) is 0 Å². The fourth-order valence-electron chi connectivity index (χ4n) is 4.77. The minimum absolute atomic E-state index is 0.0553. The van der Waals surface area contributed by atoms with Crippen LogP contribution in [0.4, 0.5) is 11.4 Å². The van der Waals surface area contributed by atoms with Crippen LogP contribution < -0.4 is 9.80 Å². The normalized spacial score (nSPS) is 13.4. The maximum atomic E-state index is 13.4. The van der Waals surface area contributed by atoms with Crippen molar-refractivity contribution in [2.75, 3.05) is 56.1 Å². The van der Waals surface area contributed by atoms with Crippen molar-refractivity contribution < 1.29 is 9.59 Å². The number of hydrogen-bond donors (Lipinski definition) is 0. The second-order valence-corrected chi connectivity index (χ2v) is 9.17. The Kier molecular flexibility index (Phi) is 8.26. The van der Waals surface area contributed by atoms with Gasteiger partial charge in [0.15, 0.2) is 0 Å². The minimum Gasteiger partial charge on any atom is -0.370 e. The maximum Gasteiger partial charge on any atom is 0.255 e. The standard InChI is InChI=1S/C30H36N4O2/c1-4-32(5-2)30(36)27-17-16-26(22-28(27)31(3)23-24-12-8-6-9-13-24)33-18-20-34(21-19-33)29(35)25-14-10-7-11-15-25/h6-17,22H,4-5,18-21,23H2,1-3H3. The highest BCUT2D eigenvalue weighted by molar-refractivity contribution is 6.00. The lowest BCUT2D eigenvalue weighted by Crippen LogP contribution is -2.48. The monoisotopic (exact) mass is 484 g/mol. The van der Waals surface area contributed by atoms with Gasteiger partial charge in [-0.25, -0.2) is 0 Å². The van der Waals surface area contributed by atoms with Crippen molar-refractivity contribution >= 4 is 23.2 Å².